The topological polar surface area (TPSA) is 38.3 Å². The number of carbonyl (C=O) groups is 1. The van der Waals surface area contributed by atoms with Crippen molar-refractivity contribution in [2.45, 2.75) is 26.3 Å². The van der Waals surface area contributed by atoms with E-state index in [0.29, 0.717) is 16.6 Å². The number of thioether (sulfide) groups is 1. The summed E-state index contributed by atoms with van der Waals surface area (Å²) >= 11 is 8.18. The van der Waals surface area contributed by atoms with E-state index in [-0.39, 0.29) is 11.4 Å². The number of nitrogens with one attached hydrogen (secondary N) is 1. The fourth-order valence-electron chi connectivity index (χ4n) is 2.24. The summed E-state index contributed by atoms with van der Waals surface area (Å²) in [5.41, 5.74) is 1.53. The van der Waals surface area contributed by atoms with E-state index in [4.69, 9.17) is 16.3 Å². The van der Waals surface area contributed by atoms with Crippen LogP contribution in [0.25, 0.3) is 0 Å². The molecule has 0 aliphatic carbocycles. The number of anilines is 1. The van der Waals surface area contributed by atoms with E-state index in [9.17, 15) is 4.79 Å². The van der Waals surface area contributed by atoms with Crippen molar-refractivity contribution in [2.75, 3.05) is 23.9 Å². The van der Waals surface area contributed by atoms with Crippen LogP contribution in [0.2, 0.25) is 5.02 Å². The maximum Gasteiger partial charge on any atom is 0.337 e. The highest BCUT2D eigenvalue weighted by Gasteiger charge is 2.32. The van der Waals surface area contributed by atoms with Crippen LogP contribution < -0.4 is 5.32 Å². The maximum absolute atomic E-state index is 11.6. The Morgan fingerprint density at radius 1 is 1.50 bits per heavy atom. The summed E-state index contributed by atoms with van der Waals surface area (Å²) in [6, 6.07) is 5.52. The van der Waals surface area contributed by atoms with E-state index < -0.39 is 0 Å². The Morgan fingerprint density at radius 2 is 2.25 bits per heavy atom. The number of esters is 1. The Kier molecular flexibility index (Phi) is 4.86. The smallest absolute Gasteiger partial charge is 0.337 e. The lowest BCUT2D eigenvalue weighted by atomic mass is 9.82. The lowest BCUT2D eigenvalue weighted by molar-refractivity contribution is 0.0601. The molecule has 0 spiro atoms. The van der Waals surface area contributed by atoms with Crippen molar-refractivity contribution in [1.29, 1.82) is 0 Å². The van der Waals surface area contributed by atoms with E-state index in [1.54, 1.807) is 18.2 Å². The quantitative estimate of drug-likeness (QED) is 0.854. The summed E-state index contributed by atoms with van der Waals surface area (Å²) in [6.45, 7) is 4.53. The van der Waals surface area contributed by atoms with E-state index >= 15 is 0 Å². The zero-order chi connectivity index (χ0) is 14.8. The van der Waals surface area contributed by atoms with Crippen molar-refractivity contribution in [2.24, 2.45) is 5.41 Å². The van der Waals surface area contributed by atoms with Gasteiger partial charge in [-0.25, -0.2) is 4.79 Å². The average molecular weight is 314 g/mol. The van der Waals surface area contributed by atoms with Gasteiger partial charge in [0.25, 0.3) is 0 Å². The van der Waals surface area contributed by atoms with Crippen molar-refractivity contribution in [1.82, 2.24) is 0 Å². The molecule has 0 saturated carbocycles. The summed E-state index contributed by atoms with van der Waals surface area (Å²) in [5.74, 6) is 1.90. The molecule has 1 aliphatic rings. The Bertz CT molecular complexity index is 505. The molecule has 1 aromatic carbocycles. The highest BCUT2D eigenvalue weighted by molar-refractivity contribution is 7.99. The fourth-order valence-corrected chi connectivity index (χ4v) is 4.02. The summed E-state index contributed by atoms with van der Waals surface area (Å²) < 4.78 is 4.75. The first-order valence-corrected chi connectivity index (χ1v) is 8.19. The summed E-state index contributed by atoms with van der Waals surface area (Å²) in [4.78, 5) is 11.6. The van der Waals surface area contributed by atoms with Gasteiger partial charge in [0.15, 0.2) is 0 Å². The first kappa shape index (κ1) is 15.5. The number of ether oxygens (including phenoxy) is 1. The van der Waals surface area contributed by atoms with Crippen LogP contribution >= 0.6 is 23.4 Å². The number of carbonyl (C=O) groups excluding carboxylic acids is 1. The van der Waals surface area contributed by atoms with Crippen molar-refractivity contribution < 1.29 is 9.53 Å². The second-order valence-corrected chi connectivity index (χ2v) is 7.25. The zero-order valence-corrected chi connectivity index (χ0v) is 13.6. The van der Waals surface area contributed by atoms with Gasteiger partial charge in [0.1, 0.15) is 0 Å². The van der Waals surface area contributed by atoms with Gasteiger partial charge >= 0.3 is 5.97 Å². The molecular weight excluding hydrogens is 294 g/mol. The summed E-state index contributed by atoms with van der Waals surface area (Å²) in [7, 11) is 1.38. The Morgan fingerprint density at radius 3 is 2.90 bits per heavy atom. The van der Waals surface area contributed by atoms with Crippen molar-refractivity contribution in [3.63, 3.8) is 0 Å². The number of rotatable bonds is 3. The molecule has 1 atom stereocenters. The third-order valence-corrected chi connectivity index (χ3v) is 5.23. The van der Waals surface area contributed by atoms with Crippen LogP contribution in [-0.4, -0.2) is 30.6 Å². The van der Waals surface area contributed by atoms with Crippen LogP contribution in [0.4, 0.5) is 5.69 Å². The number of benzene rings is 1. The molecule has 0 aromatic heterocycles. The molecule has 110 valence electrons. The van der Waals surface area contributed by atoms with E-state index in [1.807, 2.05) is 11.8 Å². The molecule has 0 amide bonds. The fraction of sp³-hybridized carbons (Fsp3) is 0.533. The lowest BCUT2D eigenvalue weighted by Gasteiger charge is -2.39. The van der Waals surface area contributed by atoms with E-state index in [0.717, 1.165) is 11.4 Å². The first-order valence-electron chi connectivity index (χ1n) is 6.66. The van der Waals surface area contributed by atoms with E-state index in [1.165, 1.54) is 19.3 Å². The molecule has 0 radical (unpaired) electrons. The first-order chi connectivity index (χ1) is 9.44. The van der Waals surface area contributed by atoms with Gasteiger partial charge in [-0.15, -0.1) is 0 Å². The third kappa shape index (κ3) is 3.41. The maximum atomic E-state index is 11.6. The molecule has 20 heavy (non-hydrogen) atoms. The molecule has 1 fully saturated rings. The van der Waals surface area contributed by atoms with Gasteiger partial charge < -0.3 is 10.1 Å². The number of hydrogen-bond donors (Lipinski definition) is 1. The van der Waals surface area contributed by atoms with Gasteiger partial charge in [0, 0.05) is 11.8 Å². The number of hydrogen-bond acceptors (Lipinski definition) is 4. The highest BCUT2D eigenvalue weighted by Crippen LogP contribution is 2.37. The van der Waals surface area contributed by atoms with Crippen LogP contribution in [0.3, 0.4) is 0 Å². The molecule has 1 aliphatic heterocycles. The van der Waals surface area contributed by atoms with Gasteiger partial charge in [0.2, 0.25) is 0 Å². The second kappa shape index (κ2) is 6.27. The predicted octanol–water partition coefficient (Wildman–Crippen LogP) is 4.07. The van der Waals surface area contributed by atoms with Crippen LogP contribution in [0.15, 0.2) is 18.2 Å². The summed E-state index contributed by atoms with van der Waals surface area (Å²) in [5, 5.41) is 4.13. The van der Waals surface area contributed by atoms with Crippen LogP contribution in [0.1, 0.15) is 30.6 Å². The molecule has 1 aromatic rings. The molecule has 3 nitrogen and oxygen atoms in total. The summed E-state index contributed by atoms with van der Waals surface area (Å²) in [6.07, 6.45) is 1.17. The molecule has 2 rings (SSSR count). The standard InChI is InChI=1S/C15H20ClNO2S/c1-15(2)6-7-20-9-13(15)17-12-8-10(14(18)19-3)4-5-11(12)16/h4-5,8,13,17H,6-7,9H2,1-3H3. The Balaban J connectivity index is 2.21. The Labute approximate surface area is 129 Å². The average Bonchev–Trinajstić information content (AvgIpc) is 2.42. The second-order valence-electron chi connectivity index (χ2n) is 5.70. The Hall–Kier alpha value is -0.870. The highest BCUT2D eigenvalue weighted by atomic mass is 35.5. The van der Waals surface area contributed by atoms with Gasteiger partial charge in [0.05, 0.1) is 23.4 Å². The minimum atomic E-state index is -0.345. The van der Waals surface area contributed by atoms with Crippen molar-refractivity contribution >= 4 is 35.0 Å². The third-order valence-electron chi connectivity index (χ3n) is 3.84. The molecule has 1 saturated heterocycles. The largest absolute Gasteiger partial charge is 0.465 e. The van der Waals surface area contributed by atoms with Gasteiger partial charge in [-0.05, 0) is 35.8 Å². The number of methoxy groups -OCH3 is 1. The van der Waals surface area contributed by atoms with Gasteiger partial charge in [-0.1, -0.05) is 25.4 Å². The number of halogens is 1. The zero-order valence-electron chi connectivity index (χ0n) is 12.0. The van der Waals surface area contributed by atoms with Gasteiger partial charge in [-0.3, -0.25) is 0 Å². The van der Waals surface area contributed by atoms with Crippen molar-refractivity contribution in [3.05, 3.63) is 28.8 Å². The molecule has 1 N–H and O–H groups in total. The monoisotopic (exact) mass is 313 g/mol. The molecule has 1 heterocycles. The predicted molar refractivity (Wildman–Crippen MR) is 85.9 cm³/mol. The normalized spacial score (nSPS) is 21.3. The minimum absolute atomic E-state index is 0.218. The molecule has 0 bridgehead atoms. The molecule has 5 heteroatoms. The molecular formula is C15H20ClNO2S. The minimum Gasteiger partial charge on any atom is -0.465 e. The van der Waals surface area contributed by atoms with Crippen LogP contribution in [0.5, 0.6) is 0 Å². The molecule has 1 unspecified atom stereocenters. The van der Waals surface area contributed by atoms with Crippen LogP contribution in [0, 0.1) is 5.41 Å². The lowest BCUT2D eigenvalue weighted by Crippen LogP contribution is -2.41. The van der Waals surface area contributed by atoms with Crippen molar-refractivity contribution in [3.8, 4) is 0 Å². The van der Waals surface area contributed by atoms with E-state index in [2.05, 4.69) is 19.2 Å². The van der Waals surface area contributed by atoms with Gasteiger partial charge in [-0.2, -0.15) is 11.8 Å². The van der Waals surface area contributed by atoms with Crippen LogP contribution in [-0.2, 0) is 4.74 Å². The SMILES string of the molecule is COC(=O)c1ccc(Cl)c(NC2CSCCC2(C)C)c1.